The number of nitrogens with one attached hydrogen (secondary N) is 2. The molecule has 1 unspecified atom stereocenters. The molecule has 2 N–H and O–H groups in total. The second-order valence-electron chi connectivity index (χ2n) is 5.76. The van der Waals surface area contributed by atoms with Gasteiger partial charge < -0.3 is 15.5 Å². The Morgan fingerprint density at radius 3 is 2.44 bits per heavy atom. The highest BCUT2D eigenvalue weighted by atomic mass is 19.1. The molecule has 1 aliphatic rings. The molecule has 0 saturated carbocycles. The molecular weight excluding hydrogens is 328 g/mol. The van der Waals surface area contributed by atoms with Crippen molar-refractivity contribution in [1.29, 1.82) is 0 Å². The molecule has 1 atom stereocenters. The van der Waals surface area contributed by atoms with E-state index in [1.165, 1.54) is 47.4 Å². The second-order valence-corrected chi connectivity index (χ2v) is 5.76. The van der Waals surface area contributed by atoms with Gasteiger partial charge in [-0.15, -0.1) is 0 Å². The number of halogens is 2. The van der Waals surface area contributed by atoms with Crippen LogP contribution >= 0.6 is 0 Å². The summed E-state index contributed by atoms with van der Waals surface area (Å²) in [5, 5.41) is 5.16. The Balaban J connectivity index is 1.67. The number of benzene rings is 2. The third kappa shape index (κ3) is 3.93. The maximum absolute atomic E-state index is 13.7. The molecule has 0 spiro atoms. The smallest absolute Gasteiger partial charge is 0.322 e. The average molecular weight is 345 g/mol. The predicted octanol–water partition coefficient (Wildman–Crippen LogP) is 3.60. The van der Waals surface area contributed by atoms with E-state index in [2.05, 4.69) is 10.6 Å². The fraction of sp³-hybridized carbons (Fsp3) is 0.222. The van der Waals surface area contributed by atoms with E-state index in [0.29, 0.717) is 25.1 Å². The number of amides is 3. The molecule has 25 heavy (non-hydrogen) atoms. The van der Waals surface area contributed by atoms with Gasteiger partial charge in [0.1, 0.15) is 17.7 Å². The fourth-order valence-electron chi connectivity index (χ4n) is 2.79. The maximum Gasteiger partial charge on any atom is 0.322 e. The Morgan fingerprint density at radius 1 is 1.00 bits per heavy atom. The Hall–Kier alpha value is -2.96. The number of carbonyl (C=O) groups excluding carboxylic acids is 2. The van der Waals surface area contributed by atoms with Gasteiger partial charge in [0.15, 0.2) is 0 Å². The molecule has 130 valence electrons. The number of nitrogens with zero attached hydrogens (tertiary/aromatic N) is 1. The number of rotatable bonds is 3. The summed E-state index contributed by atoms with van der Waals surface area (Å²) in [6.45, 7) is 0.405. The van der Waals surface area contributed by atoms with Crippen molar-refractivity contribution in [3.05, 3.63) is 60.2 Å². The number of hydrogen-bond donors (Lipinski definition) is 2. The largest absolute Gasteiger partial charge is 0.324 e. The summed E-state index contributed by atoms with van der Waals surface area (Å²) in [6.07, 6.45) is 1.18. The predicted molar refractivity (Wildman–Crippen MR) is 90.2 cm³/mol. The van der Waals surface area contributed by atoms with Crippen LogP contribution in [0.5, 0.6) is 0 Å². The van der Waals surface area contributed by atoms with E-state index in [1.54, 1.807) is 6.07 Å². The van der Waals surface area contributed by atoms with Gasteiger partial charge in [-0.25, -0.2) is 13.6 Å². The van der Waals surface area contributed by atoms with Crippen molar-refractivity contribution in [1.82, 2.24) is 4.90 Å². The monoisotopic (exact) mass is 345 g/mol. The van der Waals surface area contributed by atoms with Crippen molar-refractivity contribution < 1.29 is 18.4 Å². The first-order chi connectivity index (χ1) is 12.0. The molecule has 2 aromatic carbocycles. The number of urea groups is 1. The van der Waals surface area contributed by atoms with Crippen LogP contribution in [0, 0.1) is 11.6 Å². The Labute approximate surface area is 143 Å². The van der Waals surface area contributed by atoms with E-state index < -0.39 is 23.7 Å². The Kier molecular flexibility index (Phi) is 4.92. The summed E-state index contributed by atoms with van der Waals surface area (Å²) < 4.78 is 26.6. The lowest BCUT2D eigenvalue weighted by Crippen LogP contribution is -2.45. The van der Waals surface area contributed by atoms with E-state index in [9.17, 15) is 18.4 Å². The minimum atomic E-state index is -0.656. The van der Waals surface area contributed by atoms with Crippen molar-refractivity contribution in [2.45, 2.75) is 18.9 Å². The molecule has 7 heteroatoms. The summed E-state index contributed by atoms with van der Waals surface area (Å²) in [5.74, 6) is -1.29. The molecule has 1 saturated heterocycles. The van der Waals surface area contributed by atoms with Gasteiger partial charge in [-0.2, -0.15) is 0 Å². The molecule has 0 bridgehead atoms. The summed E-state index contributed by atoms with van der Waals surface area (Å²) in [5.41, 5.74) is 0.518. The van der Waals surface area contributed by atoms with Crippen LogP contribution in [0.25, 0.3) is 0 Å². The van der Waals surface area contributed by atoms with Crippen LogP contribution in [0.1, 0.15) is 12.8 Å². The normalized spacial score (nSPS) is 16.6. The first-order valence-corrected chi connectivity index (χ1v) is 7.93. The van der Waals surface area contributed by atoms with E-state index >= 15 is 0 Å². The third-order valence-corrected chi connectivity index (χ3v) is 4.04. The molecule has 1 heterocycles. The van der Waals surface area contributed by atoms with Gasteiger partial charge in [-0.1, -0.05) is 12.1 Å². The van der Waals surface area contributed by atoms with Crippen molar-refractivity contribution in [3.63, 3.8) is 0 Å². The van der Waals surface area contributed by atoms with Gasteiger partial charge >= 0.3 is 6.03 Å². The molecule has 2 aromatic rings. The summed E-state index contributed by atoms with van der Waals surface area (Å²) in [4.78, 5) is 26.2. The van der Waals surface area contributed by atoms with Crippen LogP contribution in [0.4, 0.5) is 25.0 Å². The summed E-state index contributed by atoms with van der Waals surface area (Å²) >= 11 is 0. The molecule has 0 aromatic heterocycles. The van der Waals surface area contributed by atoms with E-state index in [0.717, 1.165) is 0 Å². The van der Waals surface area contributed by atoms with E-state index in [4.69, 9.17) is 0 Å². The minimum Gasteiger partial charge on any atom is -0.324 e. The average Bonchev–Trinajstić information content (AvgIpc) is 3.09. The Morgan fingerprint density at radius 2 is 1.72 bits per heavy atom. The number of para-hydroxylation sites is 1. The molecule has 1 aliphatic heterocycles. The highest BCUT2D eigenvalue weighted by Crippen LogP contribution is 2.21. The zero-order valence-electron chi connectivity index (χ0n) is 13.3. The van der Waals surface area contributed by atoms with Gasteiger partial charge in [-0.05, 0) is 49.2 Å². The molecular formula is C18H17F2N3O2. The molecule has 3 amide bonds. The molecule has 0 aliphatic carbocycles. The second kappa shape index (κ2) is 7.29. The molecule has 5 nitrogen and oxygen atoms in total. The number of carbonyl (C=O) groups is 2. The lowest BCUT2D eigenvalue weighted by molar-refractivity contribution is -0.119. The van der Waals surface area contributed by atoms with Crippen LogP contribution < -0.4 is 10.6 Å². The van der Waals surface area contributed by atoms with E-state index in [1.807, 2.05) is 0 Å². The summed E-state index contributed by atoms with van der Waals surface area (Å²) in [6, 6.07) is 10.0. The standard InChI is InChI=1S/C18H17F2N3O2/c19-12-7-9-13(10-8-12)21-17(24)16-6-3-11-23(16)18(25)22-15-5-2-1-4-14(15)20/h1-2,4-5,7-10,16H,3,6,11H2,(H,21,24)(H,22,25). The van der Waals surface area contributed by atoms with Crippen LogP contribution in [0.3, 0.4) is 0 Å². The first kappa shape index (κ1) is 16.9. The number of anilines is 2. The highest BCUT2D eigenvalue weighted by molar-refractivity contribution is 5.99. The van der Waals surface area contributed by atoms with Gasteiger partial charge in [0, 0.05) is 12.2 Å². The zero-order valence-corrected chi connectivity index (χ0v) is 13.3. The lowest BCUT2D eigenvalue weighted by Gasteiger charge is -2.24. The summed E-state index contributed by atoms with van der Waals surface area (Å²) in [7, 11) is 0. The fourth-order valence-corrected chi connectivity index (χ4v) is 2.79. The molecule has 3 rings (SSSR count). The lowest BCUT2D eigenvalue weighted by atomic mass is 10.2. The number of likely N-dealkylation sites (tertiary alicyclic amines) is 1. The Bertz CT molecular complexity index is 780. The van der Waals surface area contributed by atoms with Crippen LogP contribution in [0.2, 0.25) is 0 Å². The maximum atomic E-state index is 13.7. The van der Waals surface area contributed by atoms with Crippen molar-refractivity contribution in [3.8, 4) is 0 Å². The molecule has 0 radical (unpaired) electrons. The topological polar surface area (TPSA) is 61.4 Å². The SMILES string of the molecule is O=C(Nc1ccc(F)cc1)C1CCCN1C(=O)Nc1ccccc1F. The van der Waals surface area contributed by atoms with Gasteiger partial charge in [0.25, 0.3) is 0 Å². The van der Waals surface area contributed by atoms with Crippen LogP contribution in [-0.2, 0) is 4.79 Å². The van der Waals surface area contributed by atoms with Crippen LogP contribution in [-0.4, -0.2) is 29.4 Å². The van der Waals surface area contributed by atoms with Crippen LogP contribution in [0.15, 0.2) is 48.5 Å². The molecule has 1 fully saturated rings. The van der Waals surface area contributed by atoms with Gasteiger partial charge in [0.2, 0.25) is 5.91 Å². The van der Waals surface area contributed by atoms with E-state index in [-0.39, 0.29) is 11.6 Å². The quantitative estimate of drug-likeness (QED) is 0.893. The van der Waals surface area contributed by atoms with Crippen molar-refractivity contribution in [2.75, 3.05) is 17.2 Å². The minimum absolute atomic E-state index is 0.0668. The van der Waals surface area contributed by atoms with Gasteiger partial charge in [-0.3, -0.25) is 4.79 Å². The van der Waals surface area contributed by atoms with Crippen molar-refractivity contribution >= 4 is 23.3 Å². The first-order valence-electron chi connectivity index (χ1n) is 7.93. The number of hydrogen-bond acceptors (Lipinski definition) is 2. The van der Waals surface area contributed by atoms with Crippen molar-refractivity contribution in [2.24, 2.45) is 0 Å². The highest BCUT2D eigenvalue weighted by Gasteiger charge is 2.34. The third-order valence-electron chi connectivity index (χ3n) is 4.04. The van der Waals surface area contributed by atoms with Gasteiger partial charge in [0.05, 0.1) is 5.69 Å². The zero-order chi connectivity index (χ0) is 17.8.